The van der Waals surface area contributed by atoms with E-state index in [2.05, 4.69) is 9.97 Å². The molecule has 1 aromatic heterocycles. The summed E-state index contributed by atoms with van der Waals surface area (Å²) in [5.41, 5.74) is 8.11. The van der Waals surface area contributed by atoms with E-state index in [1.165, 1.54) is 0 Å². The maximum Gasteiger partial charge on any atom is 0.0744 e. The maximum atomic E-state index is 11.2. The van der Waals surface area contributed by atoms with E-state index in [4.69, 9.17) is 5.73 Å². The lowest BCUT2D eigenvalue weighted by Crippen LogP contribution is -2.18. The largest absolute Gasteiger partial charge is 0.325 e. The lowest BCUT2D eigenvalue weighted by atomic mass is 10.2. The summed E-state index contributed by atoms with van der Waals surface area (Å²) in [6.45, 7) is 0.420. The Kier molecular flexibility index (Phi) is 2.37. The van der Waals surface area contributed by atoms with Gasteiger partial charge in [0.05, 0.1) is 29.0 Å². The molecule has 2 rings (SSSR count). The number of hydrogen-bond donors (Lipinski definition) is 1. The van der Waals surface area contributed by atoms with Gasteiger partial charge in [-0.2, -0.15) is 0 Å². The molecule has 4 nitrogen and oxygen atoms in total. The first-order chi connectivity index (χ1) is 6.29. The predicted molar refractivity (Wildman–Crippen MR) is 50.3 cm³/mol. The van der Waals surface area contributed by atoms with Gasteiger partial charge >= 0.3 is 0 Å². The monoisotopic (exact) mass is 197 g/mol. The zero-order valence-electron chi connectivity index (χ0n) is 7.19. The molecule has 1 aromatic rings. The van der Waals surface area contributed by atoms with Crippen LogP contribution in [0, 0.1) is 0 Å². The van der Waals surface area contributed by atoms with Crippen LogP contribution in [0.5, 0.6) is 0 Å². The molecule has 2 N–H and O–H groups in total. The van der Waals surface area contributed by atoms with Crippen molar-refractivity contribution in [3.8, 4) is 0 Å². The summed E-state index contributed by atoms with van der Waals surface area (Å²) in [5, 5.41) is 0. The summed E-state index contributed by atoms with van der Waals surface area (Å²) in [7, 11) is -0.744. The Balaban J connectivity index is 2.36. The first-order valence-corrected chi connectivity index (χ1v) is 5.67. The number of aryl methyl sites for hydroxylation is 1. The van der Waals surface area contributed by atoms with E-state index >= 15 is 0 Å². The molecule has 2 heterocycles. The molecule has 1 atom stereocenters. The molecule has 0 amide bonds. The number of hydrogen-bond acceptors (Lipinski definition) is 4. The van der Waals surface area contributed by atoms with Crippen LogP contribution in [0.1, 0.15) is 17.1 Å². The van der Waals surface area contributed by atoms with Gasteiger partial charge in [0.25, 0.3) is 0 Å². The number of nitrogens with zero attached hydrogens (tertiary/aromatic N) is 2. The lowest BCUT2D eigenvalue weighted by molar-refractivity contribution is 0.676. The molecule has 0 aliphatic carbocycles. The van der Waals surface area contributed by atoms with Crippen molar-refractivity contribution in [3.63, 3.8) is 0 Å². The number of aromatic nitrogens is 2. The summed E-state index contributed by atoms with van der Waals surface area (Å²) in [4.78, 5) is 8.55. The molecule has 1 aliphatic rings. The van der Waals surface area contributed by atoms with Crippen LogP contribution >= 0.6 is 0 Å². The molecule has 0 spiro atoms. The second-order valence-electron chi connectivity index (χ2n) is 3.00. The second-order valence-corrected chi connectivity index (χ2v) is 4.57. The van der Waals surface area contributed by atoms with Gasteiger partial charge in [0.2, 0.25) is 0 Å². The Morgan fingerprint density at radius 3 is 3.15 bits per heavy atom. The van der Waals surface area contributed by atoms with Crippen molar-refractivity contribution in [1.82, 2.24) is 9.97 Å². The minimum Gasteiger partial charge on any atom is -0.325 e. The van der Waals surface area contributed by atoms with Crippen LogP contribution in [-0.4, -0.2) is 19.9 Å². The van der Waals surface area contributed by atoms with Gasteiger partial charge in [0.1, 0.15) is 0 Å². The van der Waals surface area contributed by atoms with Crippen molar-refractivity contribution in [2.24, 2.45) is 5.73 Å². The average Bonchev–Trinajstić information content (AvgIpc) is 2.17. The molecule has 1 unspecified atom stereocenters. The van der Waals surface area contributed by atoms with E-state index < -0.39 is 10.8 Å². The van der Waals surface area contributed by atoms with Crippen molar-refractivity contribution < 1.29 is 4.21 Å². The Morgan fingerprint density at radius 1 is 1.54 bits per heavy atom. The molecule has 0 fully saturated rings. The van der Waals surface area contributed by atoms with Crippen LogP contribution in [-0.2, 0) is 29.5 Å². The fraction of sp³-hybridized carbons (Fsp3) is 0.500. The molecular weight excluding hydrogens is 186 g/mol. The van der Waals surface area contributed by atoms with Crippen LogP contribution in [0.15, 0.2) is 6.20 Å². The third-order valence-electron chi connectivity index (χ3n) is 2.05. The molecule has 5 heteroatoms. The average molecular weight is 197 g/mol. The molecule has 0 aromatic carbocycles. The number of rotatable bonds is 1. The molecule has 0 bridgehead atoms. The van der Waals surface area contributed by atoms with Gasteiger partial charge in [-0.05, 0) is 0 Å². The van der Waals surface area contributed by atoms with Gasteiger partial charge in [-0.15, -0.1) is 0 Å². The summed E-state index contributed by atoms with van der Waals surface area (Å²) in [6, 6.07) is 0. The van der Waals surface area contributed by atoms with Gasteiger partial charge in [0, 0.05) is 29.5 Å². The molecule has 1 aliphatic heterocycles. The lowest BCUT2D eigenvalue weighted by Gasteiger charge is -2.13. The summed E-state index contributed by atoms with van der Waals surface area (Å²) in [6.07, 6.45) is 2.43. The van der Waals surface area contributed by atoms with Gasteiger partial charge < -0.3 is 5.73 Å². The zero-order chi connectivity index (χ0) is 9.26. The van der Waals surface area contributed by atoms with E-state index in [0.29, 0.717) is 18.1 Å². The quantitative estimate of drug-likeness (QED) is 0.673. The number of nitrogens with two attached hydrogens (primary N) is 1. The van der Waals surface area contributed by atoms with Crippen LogP contribution < -0.4 is 5.73 Å². The van der Waals surface area contributed by atoms with Gasteiger partial charge in [-0.25, -0.2) is 0 Å². The first kappa shape index (κ1) is 8.77. The SMILES string of the molecule is NCc1cnc2c(n1)CCS(=O)C2. The third-order valence-corrected chi connectivity index (χ3v) is 3.31. The highest BCUT2D eigenvalue weighted by atomic mass is 32.2. The van der Waals surface area contributed by atoms with Gasteiger partial charge in [0.15, 0.2) is 0 Å². The van der Waals surface area contributed by atoms with Crippen LogP contribution in [0.3, 0.4) is 0 Å². The number of fused-ring (bicyclic) bond motifs is 1. The van der Waals surface area contributed by atoms with Crippen molar-refractivity contribution in [2.75, 3.05) is 5.75 Å². The fourth-order valence-corrected chi connectivity index (χ4v) is 2.46. The molecule has 70 valence electrons. The molecular formula is C8H11N3OS. The minimum absolute atomic E-state index is 0.420. The molecule has 0 radical (unpaired) electrons. The maximum absolute atomic E-state index is 11.2. The second kappa shape index (κ2) is 3.51. The summed E-state index contributed by atoms with van der Waals surface area (Å²) < 4.78 is 11.2. The predicted octanol–water partition coefficient (Wildman–Crippen LogP) is -0.260. The van der Waals surface area contributed by atoms with E-state index in [1.807, 2.05) is 0 Å². The molecule has 13 heavy (non-hydrogen) atoms. The Morgan fingerprint density at radius 2 is 2.38 bits per heavy atom. The molecule has 0 saturated heterocycles. The minimum atomic E-state index is -0.744. The van der Waals surface area contributed by atoms with E-state index in [0.717, 1.165) is 23.5 Å². The third kappa shape index (κ3) is 1.76. The van der Waals surface area contributed by atoms with Crippen molar-refractivity contribution >= 4 is 10.8 Å². The van der Waals surface area contributed by atoms with Crippen LogP contribution in [0.25, 0.3) is 0 Å². The normalized spacial score (nSPS) is 21.2. The Bertz CT molecular complexity index is 353. The van der Waals surface area contributed by atoms with Crippen molar-refractivity contribution in [2.45, 2.75) is 18.7 Å². The highest BCUT2D eigenvalue weighted by Crippen LogP contribution is 2.14. The standard InChI is InChI=1S/C8H11N3OS/c9-3-6-4-10-8-5-13(12)2-1-7(8)11-6/h4H,1-3,5,9H2. The van der Waals surface area contributed by atoms with Crippen molar-refractivity contribution in [1.29, 1.82) is 0 Å². The van der Waals surface area contributed by atoms with E-state index in [-0.39, 0.29) is 0 Å². The van der Waals surface area contributed by atoms with Crippen LogP contribution in [0.4, 0.5) is 0 Å². The summed E-state index contributed by atoms with van der Waals surface area (Å²) in [5.74, 6) is 1.25. The fourth-order valence-electron chi connectivity index (χ4n) is 1.35. The smallest absolute Gasteiger partial charge is 0.0744 e. The van der Waals surface area contributed by atoms with Crippen molar-refractivity contribution in [3.05, 3.63) is 23.3 Å². The summed E-state index contributed by atoms with van der Waals surface area (Å²) >= 11 is 0. The Labute approximate surface area is 79.0 Å². The van der Waals surface area contributed by atoms with Gasteiger partial charge in [-0.1, -0.05) is 0 Å². The first-order valence-electron chi connectivity index (χ1n) is 4.18. The van der Waals surface area contributed by atoms with Crippen LogP contribution in [0.2, 0.25) is 0 Å². The van der Waals surface area contributed by atoms with Gasteiger partial charge in [-0.3, -0.25) is 14.2 Å². The zero-order valence-corrected chi connectivity index (χ0v) is 8.01. The highest BCUT2D eigenvalue weighted by Gasteiger charge is 2.16. The van der Waals surface area contributed by atoms with E-state index in [1.54, 1.807) is 6.20 Å². The van der Waals surface area contributed by atoms with E-state index in [9.17, 15) is 4.21 Å². The highest BCUT2D eigenvalue weighted by molar-refractivity contribution is 7.84. The topological polar surface area (TPSA) is 68.9 Å². The Hall–Kier alpha value is -0.810. The molecule has 0 saturated carbocycles.